The molecule has 0 spiro atoms. The molecule has 1 rings (SSSR count). The van der Waals surface area contributed by atoms with Gasteiger partial charge >= 0.3 is 0 Å². The van der Waals surface area contributed by atoms with Gasteiger partial charge in [0.2, 0.25) is 0 Å². The first-order valence-electron chi connectivity index (χ1n) is 6.74. The van der Waals surface area contributed by atoms with Crippen molar-refractivity contribution < 1.29 is 0 Å². The summed E-state index contributed by atoms with van der Waals surface area (Å²) in [4.78, 5) is 0. The van der Waals surface area contributed by atoms with E-state index < -0.39 is 0 Å². The molecule has 1 aromatic carbocycles. The van der Waals surface area contributed by atoms with Gasteiger partial charge in [0.1, 0.15) is 0 Å². The molecular formula is C16H24S. The summed E-state index contributed by atoms with van der Waals surface area (Å²) in [6, 6.07) is 10.7. The predicted octanol–water partition coefficient (Wildman–Crippen LogP) is 5.45. The molecule has 1 aromatic rings. The second kappa shape index (κ2) is 10.5. The predicted molar refractivity (Wildman–Crippen MR) is 80.5 cm³/mol. The molecule has 1 heteroatoms. The van der Waals surface area contributed by atoms with Gasteiger partial charge in [-0.3, -0.25) is 0 Å². The number of thioether (sulfide) groups is 1. The summed E-state index contributed by atoms with van der Waals surface area (Å²) in [5, 5.41) is 2.27. The minimum atomic E-state index is 1.17. The van der Waals surface area contributed by atoms with Gasteiger partial charge in [0, 0.05) is 5.75 Å². The second-order valence-electron chi connectivity index (χ2n) is 4.33. The van der Waals surface area contributed by atoms with Crippen LogP contribution in [0.1, 0.15) is 44.6 Å². The fourth-order valence-corrected chi connectivity index (χ4v) is 2.48. The van der Waals surface area contributed by atoms with E-state index in [1.165, 1.54) is 49.8 Å². The zero-order chi connectivity index (χ0) is 12.2. The Morgan fingerprint density at radius 1 is 1.06 bits per heavy atom. The van der Waals surface area contributed by atoms with E-state index in [2.05, 4.69) is 48.7 Å². The molecule has 94 valence electrons. The highest BCUT2D eigenvalue weighted by atomic mass is 32.2. The number of aryl methyl sites for hydroxylation is 1. The summed E-state index contributed by atoms with van der Waals surface area (Å²) in [7, 11) is 0. The van der Waals surface area contributed by atoms with Gasteiger partial charge in [-0.25, -0.2) is 0 Å². The van der Waals surface area contributed by atoms with Gasteiger partial charge in [0.15, 0.2) is 0 Å². The van der Waals surface area contributed by atoms with Crippen LogP contribution in [0.2, 0.25) is 0 Å². The molecule has 0 radical (unpaired) electrons. The molecular weight excluding hydrogens is 224 g/mol. The van der Waals surface area contributed by atoms with Gasteiger partial charge in [-0.05, 0) is 30.2 Å². The summed E-state index contributed by atoms with van der Waals surface area (Å²) >= 11 is 1.93. The monoisotopic (exact) mass is 248 g/mol. The number of benzene rings is 1. The van der Waals surface area contributed by atoms with E-state index in [-0.39, 0.29) is 0 Å². The lowest BCUT2D eigenvalue weighted by Crippen LogP contribution is -1.85. The van der Waals surface area contributed by atoms with Crippen molar-refractivity contribution >= 4 is 11.8 Å². The quantitative estimate of drug-likeness (QED) is 0.524. The third-order valence-electron chi connectivity index (χ3n) is 2.77. The SMILES string of the molecule is CCCCCC/C=C/SCCc1ccccc1. The fourth-order valence-electron chi connectivity index (χ4n) is 1.71. The highest BCUT2D eigenvalue weighted by molar-refractivity contribution is 8.02. The molecule has 0 aliphatic heterocycles. The van der Waals surface area contributed by atoms with E-state index in [9.17, 15) is 0 Å². The second-order valence-corrected chi connectivity index (χ2v) is 5.34. The molecule has 0 N–H and O–H groups in total. The maximum Gasteiger partial charge on any atom is 0.00145 e. The highest BCUT2D eigenvalue weighted by Gasteiger charge is 1.90. The van der Waals surface area contributed by atoms with Gasteiger partial charge in [-0.1, -0.05) is 62.6 Å². The van der Waals surface area contributed by atoms with Crippen LogP contribution in [0.3, 0.4) is 0 Å². The Morgan fingerprint density at radius 2 is 1.88 bits per heavy atom. The van der Waals surface area contributed by atoms with Gasteiger partial charge in [-0.15, -0.1) is 11.8 Å². The first-order chi connectivity index (χ1) is 8.43. The van der Waals surface area contributed by atoms with Crippen LogP contribution < -0.4 is 0 Å². The molecule has 0 fully saturated rings. The van der Waals surface area contributed by atoms with Crippen LogP contribution in [-0.4, -0.2) is 5.75 Å². The molecule has 0 atom stereocenters. The molecule has 17 heavy (non-hydrogen) atoms. The van der Waals surface area contributed by atoms with E-state index in [0.717, 1.165) is 0 Å². The summed E-state index contributed by atoms with van der Waals surface area (Å²) in [6.07, 6.45) is 10.2. The smallest absolute Gasteiger partial charge is 0.00145 e. The third kappa shape index (κ3) is 8.09. The first-order valence-corrected chi connectivity index (χ1v) is 7.79. The lowest BCUT2D eigenvalue weighted by Gasteiger charge is -1.98. The van der Waals surface area contributed by atoms with Crippen LogP contribution in [0.5, 0.6) is 0 Å². The van der Waals surface area contributed by atoms with Crippen LogP contribution in [0.25, 0.3) is 0 Å². The Labute approximate surface area is 111 Å². The number of hydrogen-bond acceptors (Lipinski definition) is 1. The Kier molecular flexibility index (Phi) is 8.85. The summed E-state index contributed by atoms with van der Waals surface area (Å²) < 4.78 is 0. The molecule has 0 aliphatic rings. The van der Waals surface area contributed by atoms with Crippen molar-refractivity contribution in [1.82, 2.24) is 0 Å². The zero-order valence-corrected chi connectivity index (χ0v) is 11.7. The van der Waals surface area contributed by atoms with Crippen LogP contribution in [-0.2, 0) is 6.42 Å². The van der Waals surface area contributed by atoms with E-state index in [0.29, 0.717) is 0 Å². The van der Waals surface area contributed by atoms with Crippen molar-refractivity contribution in [3.05, 3.63) is 47.4 Å². The summed E-state index contributed by atoms with van der Waals surface area (Å²) in [5.74, 6) is 1.19. The van der Waals surface area contributed by atoms with Gasteiger partial charge < -0.3 is 0 Å². The first kappa shape index (κ1) is 14.4. The standard InChI is InChI=1S/C16H24S/c1-2-3-4-5-6-10-14-17-15-13-16-11-8-7-9-12-16/h7-12,14H,2-6,13,15H2,1H3/b14-10+. The van der Waals surface area contributed by atoms with E-state index in [1.807, 2.05) is 11.8 Å². The largest absolute Gasteiger partial charge is 0.134 e. The lowest BCUT2D eigenvalue weighted by atomic mass is 10.2. The topological polar surface area (TPSA) is 0 Å². The minimum absolute atomic E-state index is 1.17. The average molecular weight is 248 g/mol. The maximum absolute atomic E-state index is 2.32. The maximum atomic E-state index is 2.32. The Bertz CT molecular complexity index is 290. The van der Waals surface area contributed by atoms with Crippen molar-refractivity contribution in [1.29, 1.82) is 0 Å². The number of unbranched alkanes of at least 4 members (excludes halogenated alkanes) is 4. The molecule has 0 amide bonds. The normalized spacial score (nSPS) is 11.1. The van der Waals surface area contributed by atoms with Gasteiger partial charge in [0.05, 0.1) is 0 Å². The van der Waals surface area contributed by atoms with Crippen molar-refractivity contribution in [2.75, 3.05) is 5.75 Å². The van der Waals surface area contributed by atoms with Crippen LogP contribution in [0, 0.1) is 0 Å². The average Bonchev–Trinajstić information content (AvgIpc) is 2.38. The van der Waals surface area contributed by atoms with Crippen molar-refractivity contribution in [2.45, 2.75) is 45.4 Å². The van der Waals surface area contributed by atoms with Crippen molar-refractivity contribution in [2.24, 2.45) is 0 Å². The number of allylic oxidation sites excluding steroid dienone is 1. The van der Waals surface area contributed by atoms with Crippen LogP contribution in [0.4, 0.5) is 0 Å². The summed E-state index contributed by atoms with van der Waals surface area (Å²) in [6.45, 7) is 2.26. The molecule has 0 unspecified atom stereocenters. The third-order valence-corrected chi connectivity index (χ3v) is 3.59. The Hall–Kier alpha value is -0.690. The molecule has 0 heterocycles. The van der Waals surface area contributed by atoms with Crippen LogP contribution >= 0.6 is 11.8 Å². The minimum Gasteiger partial charge on any atom is -0.134 e. The van der Waals surface area contributed by atoms with Crippen molar-refractivity contribution in [3.8, 4) is 0 Å². The highest BCUT2D eigenvalue weighted by Crippen LogP contribution is 2.10. The molecule has 0 saturated heterocycles. The molecule has 0 aliphatic carbocycles. The van der Waals surface area contributed by atoms with E-state index >= 15 is 0 Å². The Balaban J connectivity index is 1.95. The number of rotatable bonds is 9. The van der Waals surface area contributed by atoms with Crippen LogP contribution in [0.15, 0.2) is 41.8 Å². The van der Waals surface area contributed by atoms with Crippen molar-refractivity contribution in [3.63, 3.8) is 0 Å². The Morgan fingerprint density at radius 3 is 2.65 bits per heavy atom. The zero-order valence-electron chi connectivity index (χ0n) is 10.9. The molecule has 0 bridgehead atoms. The molecule has 0 aromatic heterocycles. The summed E-state index contributed by atoms with van der Waals surface area (Å²) in [5.41, 5.74) is 1.44. The van der Waals surface area contributed by atoms with Gasteiger partial charge in [-0.2, -0.15) is 0 Å². The number of hydrogen-bond donors (Lipinski definition) is 0. The molecule has 0 saturated carbocycles. The lowest BCUT2D eigenvalue weighted by molar-refractivity contribution is 0.675. The van der Waals surface area contributed by atoms with E-state index in [1.54, 1.807) is 0 Å². The molecule has 0 nitrogen and oxygen atoms in total. The van der Waals surface area contributed by atoms with Gasteiger partial charge in [0.25, 0.3) is 0 Å². The van der Waals surface area contributed by atoms with E-state index in [4.69, 9.17) is 0 Å². The fraction of sp³-hybridized carbons (Fsp3) is 0.500.